The molecule has 2 aromatic carbocycles. The molecule has 0 radical (unpaired) electrons. The predicted octanol–water partition coefficient (Wildman–Crippen LogP) is 5.12. The van der Waals surface area contributed by atoms with Crippen LogP contribution in [0.3, 0.4) is 0 Å². The molecule has 0 N–H and O–H groups in total. The summed E-state index contributed by atoms with van der Waals surface area (Å²) in [6.45, 7) is 3.95. The average molecular weight is 417 g/mol. The topological polar surface area (TPSA) is 56.3 Å². The second kappa shape index (κ2) is 8.94. The third-order valence-electron chi connectivity index (χ3n) is 6.02. The van der Waals surface area contributed by atoms with Crippen molar-refractivity contribution in [3.05, 3.63) is 66.3 Å². The summed E-state index contributed by atoms with van der Waals surface area (Å²) >= 11 is 0. The Morgan fingerprint density at radius 2 is 1.77 bits per heavy atom. The van der Waals surface area contributed by atoms with Crippen molar-refractivity contribution >= 4 is 11.0 Å². The van der Waals surface area contributed by atoms with Crippen LogP contribution in [0, 0.1) is 0 Å². The lowest BCUT2D eigenvalue weighted by molar-refractivity contribution is 0.273. The van der Waals surface area contributed by atoms with Gasteiger partial charge in [0.1, 0.15) is 12.0 Å². The van der Waals surface area contributed by atoms with Gasteiger partial charge < -0.3 is 13.7 Å². The number of hydrogen-bond acceptors (Lipinski definition) is 5. The summed E-state index contributed by atoms with van der Waals surface area (Å²) in [4.78, 5) is 11.7. The van der Waals surface area contributed by atoms with E-state index in [1.807, 2.05) is 24.5 Å². The molecular formula is C25H28N4O2. The second-order valence-corrected chi connectivity index (χ2v) is 8.26. The first-order chi connectivity index (χ1) is 15.3. The molecule has 2 aromatic heterocycles. The summed E-state index contributed by atoms with van der Waals surface area (Å²) < 4.78 is 13.2. The first-order valence-corrected chi connectivity index (χ1v) is 11.0. The fourth-order valence-electron chi connectivity index (χ4n) is 4.28. The highest BCUT2D eigenvalue weighted by molar-refractivity contribution is 5.77. The van der Waals surface area contributed by atoms with Gasteiger partial charge in [-0.05, 0) is 55.8 Å². The van der Waals surface area contributed by atoms with E-state index in [4.69, 9.17) is 14.1 Å². The van der Waals surface area contributed by atoms with Crippen LogP contribution in [0.4, 0.5) is 0 Å². The third kappa shape index (κ3) is 4.49. The number of imidazole rings is 1. The summed E-state index contributed by atoms with van der Waals surface area (Å²) in [5.74, 6) is 1.51. The van der Waals surface area contributed by atoms with Gasteiger partial charge in [-0.3, -0.25) is 4.90 Å². The molecule has 1 aliphatic rings. The van der Waals surface area contributed by atoms with Crippen molar-refractivity contribution in [2.24, 2.45) is 0 Å². The standard InChI is InChI=1S/C25H28N4O2/c1-30-22-10-11-24-23(14-22)26-18-29(24)15-19-6-8-20(9-7-19)25-27-21(17-31-25)16-28-12-4-2-3-5-13-28/h6-11,14,17-18H,2-5,12-13,15-16H2,1H3. The van der Waals surface area contributed by atoms with E-state index >= 15 is 0 Å². The molecule has 0 atom stereocenters. The molecule has 0 unspecified atom stereocenters. The molecule has 1 fully saturated rings. The molecular weight excluding hydrogens is 388 g/mol. The lowest BCUT2D eigenvalue weighted by atomic mass is 10.1. The van der Waals surface area contributed by atoms with Crippen LogP contribution < -0.4 is 4.74 Å². The van der Waals surface area contributed by atoms with Crippen molar-refractivity contribution in [1.29, 1.82) is 0 Å². The van der Waals surface area contributed by atoms with Crippen LogP contribution in [0.5, 0.6) is 5.75 Å². The maximum absolute atomic E-state index is 5.78. The molecule has 6 nitrogen and oxygen atoms in total. The second-order valence-electron chi connectivity index (χ2n) is 8.26. The van der Waals surface area contributed by atoms with Crippen LogP contribution in [-0.4, -0.2) is 39.6 Å². The number of hydrogen-bond donors (Lipinski definition) is 0. The quantitative estimate of drug-likeness (QED) is 0.436. The number of rotatable bonds is 6. The molecule has 1 saturated heterocycles. The number of fused-ring (bicyclic) bond motifs is 1. The fraction of sp³-hybridized carbons (Fsp3) is 0.360. The van der Waals surface area contributed by atoms with E-state index < -0.39 is 0 Å². The van der Waals surface area contributed by atoms with Gasteiger partial charge in [-0.2, -0.15) is 0 Å². The van der Waals surface area contributed by atoms with Gasteiger partial charge in [0.2, 0.25) is 5.89 Å². The molecule has 160 valence electrons. The Balaban J connectivity index is 1.27. The zero-order valence-corrected chi connectivity index (χ0v) is 18.0. The SMILES string of the molecule is COc1ccc2c(c1)ncn2Cc1ccc(-c2nc(CN3CCCCCC3)co2)cc1. The Morgan fingerprint density at radius 1 is 0.968 bits per heavy atom. The van der Waals surface area contributed by atoms with Gasteiger partial charge in [0, 0.05) is 24.7 Å². The van der Waals surface area contributed by atoms with Gasteiger partial charge >= 0.3 is 0 Å². The molecule has 0 spiro atoms. The first kappa shape index (κ1) is 19.8. The van der Waals surface area contributed by atoms with E-state index in [2.05, 4.69) is 38.7 Å². The van der Waals surface area contributed by atoms with E-state index in [0.29, 0.717) is 5.89 Å². The van der Waals surface area contributed by atoms with Crippen LogP contribution in [-0.2, 0) is 13.1 Å². The van der Waals surface area contributed by atoms with E-state index in [0.717, 1.165) is 54.2 Å². The van der Waals surface area contributed by atoms with Crippen molar-refractivity contribution in [3.8, 4) is 17.2 Å². The van der Waals surface area contributed by atoms with E-state index in [-0.39, 0.29) is 0 Å². The van der Waals surface area contributed by atoms with Crippen LogP contribution in [0.2, 0.25) is 0 Å². The predicted molar refractivity (Wildman–Crippen MR) is 121 cm³/mol. The number of aromatic nitrogens is 3. The highest BCUT2D eigenvalue weighted by Gasteiger charge is 2.13. The fourth-order valence-corrected chi connectivity index (χ4v) is 4.28. The molecule has 5 rings (SSSR count). The number of ether oxygens (including phenoxy) is 1. The minimum Gasteiger partial charge on any atom is -0.497 e. The molecule has 0 bridgehead atoms. The summed E-state index contributed by atoms with van der Waals surface area (Å²) in [7, 11) is 1.67. The zero-order chi connectivity index (χ0) is 21.0. The lowest BCUT2D eigenvalue weighted by Gasteiger charge is -2.17. The van der Waals surface area contributed by atoms with Gasteiger partial charge in [-0.1, -0.05) is 25.0 Å². The molecule has 0 aliphatic carbocycles. The van der Waals surface area contributed by atoms with Crippen molar-refractivity contribution in [2.75, 3.05) is 20.2 Å². The number of likely N-dealkylation sites (tertiary alicyclic amines) is 1. The van der Waals surface area contributed by atoms with Crippen molar-refractivity contribution in [3.63, 3.8) is 0 Å². The van der Waals surface area contributed by atoms with Crippen molar-refractivity contribution < 1.29 is 9.15 Å². The molecule has 0 saturated carbocycles. The minimum atomic E-state index is 0.691. The van der Waals surface area contributed by atoms with Crippen molar-refractivity contribution in [1.82, 2.24) is 19.4 Å². The Kier molecular flexibility index (Phi) is 5.71. The minimum absolute atomic E-state index is 0.691. The smallest absolute Gasteiger partial charge is 0.226 e. The maximum atomic E-state index is 5.78. The summed E-state index contributed by atoms with van der Waals surface area (Å²) in [5.41, 5.74) is 5.26. The monoisotopic (exact) mass is 416 g/mol. The number of oxazole rings is 1. The first-order valence-electron chi connectivity index (χ1n) is 11.0. The Labute approximate surface area is 182 Å². The van der Waals surface area contributed by atoms with Crippen LogP contribution in [0.25, 0.3) is 22.5 Å². The molecule has 31 heavy (non-hydrogen) atoms. The van der Waals surface area contributed by atoms with Crippen LogP contribution >= 0.6 is 0 Å². The zero-order valence-electron chi connectivity index (χ0n) is 18.0. The van der Waals surface area contributed by atoms with Crippen LogP contribution in [0.1, 0.15) is 36.9 Å². The largest absolute Gasteiger partial charge is 0.497 e. The van der Waals surface area contributed by atoms with Crippen molar-refractivity contribution in [2.45, 2.75) is 38.8 Å². The Hall–Kier alpha value is -3.12. The molecule has 1 aliphatic heterocycles. The normalized spacial score (nSPS) is 15.3. The van der Waals surface area contributed by atoms with Gasteiger partial charge in [-0.15, -0.1) is 0 Å². The average Bonchev–Trinajstić information content (AvgIpc) is 3.34. The van der Waals surface area contributed by atoms with Gasteiger partial charge in [-0.25, -0.2) is 9.97 Å². The highest BCUT2D eigenvalue weighted by atomic mass is 16.5. The molecule has 6 heteroatoms. The van der Waals surface area contributed by atoms with E-state index in [1.165, 1.54) is 31.2 Å². The van der Waals surface area contributed by atoms with E-state index in [1.54, 1.807) is 13.4 Å². The number of methoxy groups -OCH3 is 1. The van der Waals surface area contributed by atoms with Crippen LogP contribution in [0.15, 0.2) is 59.5 Å². The molecule has 0 amide bonds. The Morgan fingerprint density at radius 3 is 2.55 bits per heavy atom. The highest BCUT2D eigenvalue weighted by Crippen LogP contribution is 2.23. The summed E-state index contributed by atoms with van der Waals surface area (Å²) in [5, 5.41) is 0. The van der Waals surface area contributed by atoms with Gasteiger partial charge in [0.05, 0.1) is 30.2 Å². The van der Waals surface area contributed by atoms with Gasteiger partial charge in [0.15, 0.2) is 0 Å². The number of benzene rings is 2. The lowest BCUT2D eigenvalue weighted by Crippen LogP contribution is -2.24. The number of nitrogens with zero attached hydrogens (tertiary/aromatic N) is 4. The summed E-state index contributed by atoms with van der Waals surface area (Å²) in [6.07, 6.45) is 8.94. The maximum Gasteiger partial charge on any atom is 0.226 e. The third-order valence-corrected chi connectivity index (χ3v) is 6.02. The Bertz CT molecular complexity index is 1140. The molecule has 4 aromatic rings. The van der Waals surface area contributed by atoms with E-state index in [9.17, 15) is 0 Å². The molecule has 3 heterocycles. The van der Waals surface area contributed by atoms with Gasteiger partial charge in [0.25, 0.3) is 0 Å². The summed E-state index contributed by atoms with van der Waals surface area (Å²) in [6, 6.07) is 14.4.